The molecule has 128 valence electrons. The Labute approximate surface area is 152 Å². The van der Waals surface area contributed by atoms with E-state index in [0.29, 0.717) is 18.0 Å². The topological polar surface area (TPSA) is 46.9 Å². The molecule has 25 heavy (non-hydrogen) atoms. The Hall–Kier alpha value is -2.59. The number of rotatable bonds is 7. The number of nitrogens with zero attached hydrogens (tertiary/aromatic N) is 2. The first kappa shape index (κ1) is 17.2. The Balaban J connectivity index is 1.66. The van der Waals surface area contributed by atoms with E-state index in [1.807, 2.05) is 60.9 Å². The maximum Gasteiger partial charge on any atom is 0.220 e. The van der Waals surface area contributed by atoms with Crippen molar-refractivity contribution in [2.45, 2.75) is 25.4 Å². The van der Waals surface area contributed by atoms with Crippen LogP contribution in [0.15, 0.2) is 73.3 Å². The summed E-state index contributed by atoms with van der Waals surface area (Å²) in [5.74, 6) is 0.106. The fourth-order valence-electron chi connectivity index (χ4n) is 2.77. The van der Waals surface area contributed by atoms with Gasteiger partial charge in [0.05, 0.1) is 0 Å². The molecule has 0 spiro atoms. The van der Waals surface area contributed by atoms with E-state index in [0.717, 1.165) is 17.7 Å². The Bertz CT molecular complexity index is 786. The van der Waals surface area contributed by atoms with E-state index >= 15 is 0 Å². The van der Waals surface area contributed by atoms with Crippen molar-refractivity contribution in [2.75, 3.05) is 0 Å². The lowest BCUT2D eigenvalue weighted by Crippen LogP contribution is -2.26. The van der Waals surface area contributed by atoms with Gasteiger partial charge in [0.1, 0.15) is 0 Å². The van der Waals surface area contributed by atoms with Gasteiger partial charge in [-0.2, -0.15) is 0 Å². The maximum atomic E-state index is 12.4. The highest BCUT2D eigenvalue weighted by Gasteiger charge is 2.16. The minimum absolute atomic E-state index is 0.0240. The van der Waals surface area contributed by atoms with Crippen molar-refractivity contribution in [1.82, 2.24) is 14.9 Å². The standard InChI is InChI=1S/C20H20ClN3O/c21-19-7-5-17(6-8-19)18(15-24-10-1-2-11-24)12-20(25)23-14-16-4-3-9-22-13-16/h1-11,13,18H,12,14-15H2,(H,23,25)/t18-/m0/s1. The van der Waals surface area contributed by atoms with Crippen LogP contribution in [0.3, 0.4) is 0 Å². The fraction of sp³-hybridized carbons (Fsp3) is 0.200. The van der Waals surface area contributed by atoms with Crippen LogP contribution in [-0.4, -0.2) is 15.5 Å². The molecule has 0 aliphatic heterocycles. The number of carbonyl (C=O) groups excluding carboxylic acids is 1. The van der Waals surface area contributed by atoms with E-state index in [-0.39, 0.29) is 11.8 Å². The Morgan fingerprint density at radius 2 is 1.88 bits per heavy atom. The molecule has 0 bridgehead atoms. The highest BCUT2D eigenvalue weighted by atomic mass is 35.5. The molecule has 0 unspecified atom stereocenters. The van der Waals surface area contributed by atoms with Crippen LogP contribution >= 0.6 is 11.6 Å². The van der Waals surface area contributed by atoms with Crippen LogP contribution in [0.1, 0.15) is 23.5 Å². The number of aromatic nitrogens is 2. The molecule has 3 rings (SSSR count). The third-order valence-corrected chi connectivity index (χ3v) is 4.34. The quantitative estimate of drug-likeness (QED) is 0.697. The molecule has 0 saturated heterocycles. The van der Waals surface area contributed by atoms with Gasteiger partial charge in [-0.25, -0.2) is 0 Å². The third kappa shape index (κ3) is 5.19. The average Bonchev–Trinajstić information content (AvgIpc) is 3.14. The van der Waals surface area contributed by atoms with Gasteiger partial charge in [-0.05, 0) is 41.5 Å². The third-order valence-electron chi connectivity index (χ3n) is 4.08. The fourth-order valence-corrected chi connectivity index (χ4v) is 2.89. The summed E-state index contributed by atoms with van der Waals surface area (Å²) in [4.78, 5) is 16.5. The minimum atomic E-state index is 0.0240. The molecule has 2 aromatic heterocycles. The molecule has 2 heterocycles. The van der Waals surface area contributed by atoms with Crippen molar-refractivity contribution in [3.8, 4) is 0 Å². The summed E-state index contributed by atoms with van der Waals surface area (Å²) in [6, 6.07) is 15.5. The monoisotopic (exact) mass is 353 g/mol. The molecule has 5 heteroatoms. The largest absolute Gasteiger partial charge is 0.354 e. The molecular weight excluding hydrogens is 334 g/mol. The normalized spacial score (nSPS) is 11.9. The SMILES string of the molecule is O=C(C[C@@H](Cn1cccc1)c1ccc(Cl)cc1)NCc1cccnc1. The van der Waals surface area contributed by atoms with Gasteiger partial charge >= 0.3 is 0 Å². The lowest BCUT2D eigenvalue weighted by atomic mass is 9.95. The second-order valence-electron chi connectivity index (χ2n) is 5.97. The van der Waals surface area contributed by atoms with E-state index in [1.165, 1.54) is 0 Å². The molecule has 0 radical (unpaired) electrons. The van der Waals surface area contributed by atoms with E-state index in [1.54, 1.807) is 12.4 Å². The van der Waals surface area contributed by atoms with Crippen LogP contribution in [0.4, 0.5) is 0 Å². The summed E-state index contributed by atoms with van der Waals surface area (Å²) in [6.45, 7) is 1.23. The number of nitrogens with one attached hydrogen (secondary N) is 1. The number of hydrogen-bond acceptors (Lipinski definition) is 2. The first-order valence-corrected chi connectivity index (χ1v) is 8.60. The summed E-state index contributed by atoms with van der Waals surface area (Å²) in [6.07, 6.45) is 7.92. The smallest absolute Gasteiger partial charge is 0.220 e. The van der Waals surface area contributed by atoms with Crippen molar-refractivity contribution >= 4 is 17.5 Å². The first-order chi connectivity index (χ1) is 12.2. The molecule has 0 fully saturated rings. The van der Waals surface area contributed by atoms with Crippen LogP contribution in [0, 0.1) is 0 Å². The minimum Gasteiger partial charge on any atom is -0.354 e. The highest BCUT2D eigenvalue weighted by molar-refractivity contribution is 6.30. The molecule has 0 aliphatic rings. The number of amides is 1. The first-order valence-electron chi connectivity index (χ1n) is 8.22. The lowest BCUT2D eigenvalue weighted by Gasteiger charge is -2.18. The van der Waals surface area contributed by atoms with Gasteiger partial charge in [-0.3, -0.25) is 9.78 Å². The number of hydrogen-bond donors (Lipinski definition) is 1. The summed E-state index contributed by atoms with van der Waals surface area (Å²) in [5, 5.41) is 3.67. The van der Waals surface area contributed by atoms with E-state index in [9.17, 15) is 4.79 Å². The van der Waals surface area contributed by atoms with E-state index < -0.39 is 0 Å². The number of benzene rings is 1. The Morgan fingerprint density at radius 1 is 1.12 bits per heavy atom. The second-order valence-corrected chi connectivity index (χ2v) is 6.41. The molecule has 0 aliphatic carbocycles. The number of carbonyl (C=O) groups is 1. The zero-order chi connectivity index (χ0) is 17.5. The Kier molecular flexibility index (Phi) is 5.86. The van der Waals surface area contributed by atoms with E-state index in [2.05, 4.69) is 14.9 Å². The van der Waals surface area contributed by atoms with Crippen LogP contribution < -0.4 is 5.32 Å². The molecule has 4 nitrogen and oxygen atoms in total. The summed E-state index contributed by atoms with van der Waals surface area (Å²) in [7, 11) is 0. The predicted molar refractivity (Wildman–Crippen MR) is 99.3 cm³/mol. The summed E-state index contributed by atoms with van der Waals surface area (Å²) in [5.41, 5.74) is 2.10. The van der Waals surface area contributed by atoms with Gasteiger partial charge in [0.15, 0.2) is 0 Å². The zero-order valence-corrected chi connectivity index (χ0v) is 14.6. The van der Waals surface area contributed by atoms with Gasteiger partial charge in [0.25, 0.3) is 0 Å². The number of halogens is 1. The van der Waals surface area contributed by atoms with Crippen molar-refractivity contribution in [3.05, 3.63) is 89.5 Å². The van der Waals surface area contributed by atoms with Crippen LogP contribution in [0.2, 0.25) is 5.02 Å². The van der Waals surface area contributed by atoms with Crippen LogP contribution in [0.5, 0.6) is 0 Å². The molecule has 1 amide bonds. The van der Waals surface area contributed by atoms with Gasteiger partial charge in [0.2, 0.25) is 5.91 Å². The molecule has 3 aromatic rings. The molecule has 0 saturated carbocycles. The molecule has 1 aromatic carbocycles. The average molecular weight is 354 g/mol. The van der Waals surface area contributed by atoms with Gasteiger partial charge in [-0.1, -0.05) is 29.8 Å². The highest BCUT2D eigenvalue weighted by Crippen LogP contribution is 2.24. The number of pyridine rings is 1. The summed E-state index contributed by atoms with van der Waals surface area (Å²) < 4.78 is 2.09. The summed E-state index contributed by atoms with van der Waals surface area (Å²) >= 11 is 5.99. The maximum absolute atomic E-state index is 12.4. The van der Waals surface area contributed by atoms with Crippen molar-refractivity contribution in [3.63, 3.8) is 0 Å². The van der Waals surface area contributed by atoms with Crippen molar-refractivity contribution in [1.29, 1.82) is 0 Å². The van der Waals surface area contributed by atoms with Crippen molar-refractivity contribution in [2.24, 2.45) is 0 Å². The Morgan fingerprint density at radius 3 is 2.56 bits per heavy atom. The van der Waals surface area contributed by atoms with Gasteiger partial charge < -0.3 is 9.88 Å². The van der Waals surface area contributed by atoms with Crippen LogP contribution in [-0.2, 0) is 17.9 Å². The zero-order valence-electron chi connectivity index (χ0n) is 13.8. The molecule has 1 atom stereocenters. The second kappa shape index (κ2) is 8.49. The lowest BCUT2D eigenvalue weighted by molar-refractivity contribution is -0.121. The molecular formula is C20H20ClN3O. The van der Waals surface area contributed by atoms with Crippen molar-refractivity contribution < 1.29 is 4.79 Å². The molecule has 1 N–H and O–H groups in total. The van der Waals surface area contributed by atoms with Gasteiger partial charge in [-0.15, -0.1) is 0 Å². The van der Waals surface area contributed by atoms with Crippen LogP contribution in [0.25, 0.3) is 0 Å². The predicted octanol–water partition coefficient (Wildman–Crippen LogP) is 4.03. The van der Waals surface area contributed by atoms with Gasteiger partial charge in [0, 0.05) is 55.2 Å². The van der Waals surface area contributed by atoms with E-state index in [4.69, 9.17) is 11.6 Å².